The molecule has 13 heavy (non-hydrogen) atoms. The molecule has 0 spiro atoms. The fraction of sp³-hybridized carbons (Fsp3) is 0.222. The van der Waals surface area contributed by atoms with E-state index in [-0.39, 0.29) is 0 Å². The monoisotopic (exact) mass is 195 g/mol. The number of anilines is 1. The maximum atomic E-state index is 11.3. The van der Waals surface area contributed by atoms with Gasteiger partial charge in [0.05, 0.1) is 5.69 Å². The van der Waals surface area contributed by atoms with Crippen molar-refractivity contribution in [1.82, 2.24) is 0 Å². The summed E-state index contributed by atoms with van der Waals surface area (Å²) in [7, 11) is 0. The molecule has 3 nitrogen and oxygen atoms in total. The Labute approximate surface area is 81.2 Å². The molecule has 4 heteroatoms. The van der Waals surface area contributed by atoms with E-state index >= 15 is 0 Å². The number of fused-ring (bicyclic) bond motifs is 1. The predicted octanol–water partition coefficient (Wildman–Crippen LogP) is 1.02. The minimum atomic E-state index is -1.68. The Morgan fingerprint density at radius 2 is 2.23 bits per heavy atom. The number of para-hydroxylation sites is 1. The van der Waals surface area contributed by atoms with Gasteiger partial charge in [-0.05, 0) is 12.5 Å². The molecule has 2 rings (SSSR count). The molecule has 0 aliphatic carbocycles. The molecule has 1 aliphatic heterocycles. The van der Waals surface area contributed by atoms with Gasteiger partial charge in [0.1, 0.15) is 0 Å². The Hall–Kier alpha value is -1.000. The molecule has 0 fully saturated rings. The van der Waals surface area contributed by atoms with Gasteiger partial charge in [-0.25, -0.2) is 0 Å². The highest BCUT2D eigenvalue weighted by molar-refractivity contribution is 7.82. The van der Waals surface area contributed by atoms with Crippen molar-refractivity contribution in [3.05, 3.63) is 29.3 Å². The van der Waals surface area contributed by atoms with Gasteiger partial charge in [-0.2, -0.15) is 0 Å². The van der Waals surface area contributed by atoms with Gasteiger partial charge in [0.25, 0.3) is 5.91 Å². The fourth-order valence-corrected chi connectivity index (χ4v) is 1.69. The number of rotatable bonds is 0. The van der Waals surface area contributed by atoms with E-state index in [0.29, 0.717) is 11.3 Å². The Bertz CT molecular complexity index is 387. The van der Waals surface area contributed by atoms with Crippen LogP contribution in [0.3, 0.4) is 0 Å². The molecule has 2 N–H and O–H groups in total. The first-order valence-electron chi connectivity index (χ1n) is 3.90. The average Bonchev–Trinajstić information content (AvgIpc) is 2.28. The number of thiol groups is 1. The second-order valence-corrected chi connectivity index (χ2v) is 3.77. The SMILES string of the molecule is Cc1cccc2c1NC(=O)[C@]2(O)S. The molecule has 0 saturated carbocycles. The zero-order valence-electron chi connectivity index (χ0n) is 7.03. The van der Waals surface area contributed by atoms with Crippen LogP contribution in [-0.4, -0.2) is 11.0 Å². The highest BCUT2D eigenvalue weighted by Crippen LogP contribution is 2.39. The number of hydrogen-bond acceptors (Lipinski definition) is 3. The molecule has 0 saturated heterocycles. The third kappa shape index (κ3) is 1.06. The van der Waals surface area contributed by atoms with Crippen LogP contribution in [0, 0.1) is 6.92 Å². The first kappa shape index (κ1) is 8.59. The highest BCUT2D eigenvalue weighted by Gasteiger charge is 2.42. The molecule has 1 aromatic rings. The van der Waals surface area contributed by atoms with Gasteiger partial charge in [0, 0.05) is 5.56 Å². The van der Waals surface area contributed by atoms with Crippen LogP contribution in [0.4, 0.5) is 5.69 Å². The molecule has 68 valence electrons. The van der Waals surface area contributed by atoms with E-state index in [1.165, 1.54) is 0 Å². The quantitative estimate of drug-likeness (QED) is 0.427. The number of aryl methyl sites for hydroxylation is 1. The first-order chi connectivity index (χ1) is 6.03. The van der Waals surface area contributed by atoms with Crippen LogP contribution >= 0.6 is 12.6 Å². The molecule has 1 aliphatic rings. The first-order valence-corrected chi connectivity index (χ1v) is 4.34. The summed E-state index contributed by atoms with van der Waals surface area (Å²) in [6, 6.07) is 5.34. The third-order valence-electron chi connectivity index (χ3n) is 2.20. The topological polar surface area (TPSA) is 49.3 Å². The van der Waals surface area contributed by atoms with Crippen molar-refractivity contribution in [2.24, 2.45) is 0 Å². The van der Waals surface area contributed by atoms with E-state index in [2.05, 4.69) is 17.9 Å². The van der Waals surface area contributed by atoms with Crippen molar-refractivity contribution in [1.29, 1.82) is 0 Å². The van der Waals surface area contributed by atoms with Crippen molar-refractivity contribution in [2.45, 2.75) is 11.9 Å². The van der Waals surface area contributed by atoms with Crippen molar-refractivity contribution in [3.8, 4) is 0 Å². The van der Waals surface area contributed by atoms with Crippen LogP contribution in [0.25, 0.3) is 0 Å². The van der Waals surface area contributed by atoms with Gasteiger partial charge in [0.2, 0.25) is 4.93 Å². The number of carbonyl (C=O) groups excluding carboxylic acids is 1. The normalized spacial score (nSPS) is 25.6. The second-order valence-electron chi connectivity index (χ2n) is 3.12. The van der Waals surface area contributed by atoms with Gasteiger partial charge in [-0.1, -0.05) is 18.2 Å². The molecule has 1 aromatic carbocycles. The number of amides is 1. The van der Waals surface area contributed by atoms with Crippen molar-refractivity contribution >= 4 is 24.2 Å². The van der Waals surface area contributed by atoms with Gasteiger partial charge in [0.15, 0.2) is 0 Å². The summed E-state index contributed by atoms with van der Waals surface area (Å²) in [6.45, 7) is 1.87. The number of nitrogens with one attached hydrogen (secondary N) is 1. The van der Waals surface area contributed by atoms with Crippen LogP contribution in [0.2, 0.25) is 0 Å². The van der Waals surface area contributed by atoms with E-state index in [4.69, 9.17) is 0 Å². The Morgan fingerprint density at radius 3 is 2.85 bits per heavy atom. The lowest BCUT2D eigenvalue weighted by atomic mass is 10.1. The van der Waals surface area contributed by atoms with Crippen LogP contribution in [0.15, 0.2) is 18.2 Å². The lowest BCUT2D eigenvalue weighted by Crippen LogP contribution is -2.27. The van der Waals surface area contributed by atoms with Crippen molar-refractivity contribution < 1.29 is 9.90 Å². The lowest BCUT2D eigenvalue weighted by Gasteiger charge is -2.12. The Balaban J connectivity index is 2.68. The van der Waals surface area contributed by atoms with Gasteiger partial charge in [-0.3, -0.25) is 4.79 Å². The van der Waals surface area contributed by atoms with E-state index in [1.807, 2.05) is 13.0 Å². The maximum absolute atomic E-state index is 11.3. The summed E-state index contributed by atoms with van der Waals surface area (Å²) >= 11 is 3.91. The minimum absolute atomic E-state index is 0.486. The van der Waals surface area contributed by atoms with Crippen LogP contribution < -0.4 is 5.32 Å². The summed E-state index contributed by atoms with van der Waals surface area (Å²) < 4.78 is 0. The zero-order chi connectivity index (χ0) is 9.64. The molecule has 0 unspecified atom stereocenters. The van der Waals surface area contributed by atoms with Crippen molar-refractivity contribution in [2.75, 3.05) is 5.32 Å². The molecule has 0 bridgehead atoms. The largest absolute Gasteiger partial charge is 0.367 e. The summed E-state index contributed by atoms with van der Waals surface area (Å²) in [6.07, 6.45) is 0. The molecule has 0 radical (unpaired) electrons. The Morgan fingerprint density at radius 1 is 1.54 bits per heavy atom. The Kier molecular flexibility index (Phi) is 1.65. The molecular formula is C9H9NO2S. The van der Waals surface area contributed by atoms with Crippen LogP contribution in [0.5, 0.6) is 0 Å². The van der Waals surface area contributed by atoms with Gasteiger partial charge >= 0.3 is 0 Å². The van der Waals surface area contributed by atoms with Crippen LogP contribution in [0.1, 0.15) is 11.1 Å². The average molecular weight is 195 g/mol. The maximum Gasteiger partial charge on any atom is 0.271 e. The van der Waals surface area contributed by atoms with Crippen LogP contribution in [-0.2, 0) is 9.73 Å². The summed E-state index contributed by atoms with van der Waals surface area (Å²) in [5, 5.41) is 12.3. The van der Waals surface area contributed by atoms with Gasteiger partial charge in [-0.15, -0.1) is 12.6 Å². The summed E-state index contributed by atoms with van der Waals surface area (Å²) in [4.78, 5) is 9.59. The van der Waals surface area contributed by atoms with E-state index in [1.54, 1.807) is 12.1 Å². The molecular weight excluding hydrogens is 186 g/mol. The summed E-state index contributed by atoms with van der Waals surface area (Å²) in [5.41, 5.74) is 2.13. The number of benzene rings is 1. The smallest absolute Gasteiger partial charge is 0.271 e. The standard InChI is InChI=1S/C9H9NO2S/c1-5-3-2-4-6-7(5)10-8(11)9(6,12)13/h2-4,12-13H,1H3,(H,10,11)/t9-/m1/s1. The number of hydrogen-bond donors (Lipinski definition) is 3. The zero-order valence-corrected chi connectivity index (χ0v) is 7.93. The second kappa shape index (κ2) is 2.49. The van der Waals surface area contributed by atoms with E-state index in [0.717, 1.165) is 5.56 Å². The predicted molar refractivity (Wildman–Crippen MR) is 52.7 cm³/mol. The minimum Gasteiger partial charge on any atom is -0.367 e. The number of aliphatic hydroxyl groups is 1. The summed E-state index contributed by atoms with van der Waals surface area (Å²) in [5.74, 6) is -0.486. The fourth-order valence-electron chi connectivity index (χ4n) is 1.45. The highest BCUT2D eigenvalue weighted by atomic mass is 32.1. The van der Waals surface area contributed by atoms with Crippen molar-refractivity contribution in [3.63, 3.8) is 0 Å². The molecule has 0 aromatic heterocycles. The van der Waals surface area contributed by atoms with Gasteiger partial charge < -0.3 is 10.4 Å². The third-order valence-corrected chi connectivity index (χ3v) is 2.65. The number of carbonyl (C=O) groups is 1. The lowest BCUT2D eigenvalue weighted by molar-refractivity contribution is -0.125. The molecule has 1 heterocycles. The molecule has 1 amide bonds. The molecule has 1 atom stereocenters. The van der Waals surface area contributed by atoms with E-state index in [9.17, 15) is 9.90 Å². The van der Waals surface area contributed by atoms with E-state index < -0.39 is 10.8 Å².